The number of hydrogen-bond donors (Lipinski definition) is 0. The highest BCUT2D eigenvalue weighted by atomic mass is 16.5. The van der Waals surface area contributed by atoms with Crippen LogP contribution >= 0.6 is 0 Å². The fourth-order valence-corrected chi connectivity index (χ4v) is 2.66. The molecule has 24 heavy (non-hydrogen) atoms. The predicted octanol–water partition coefficient (Wildman–Crippen LogP) is 2.75. The van der Waals surface area contributed by atoms with Gasteiger partial charge in [0.2, 0.25) is 0 Å². The van der Waals surface area contributed by atoms with Crippen molar-refractivity contribution in [1.29, 1.82) is 0 Å². The van der Waals surface area contributed by atoms with Crippen LogP contribution in [0.25, 0.3) is 11.1 Å². The normalized spacial score (nSPS) is 14.3. The topological polar surface area (TPSA) is 55.8 Å². The van der Waals surface area contributed by atoms with E-state index in [9.17, 15) is 9.59 Å². The molecule has 1 aliphatic rings. The van der Waals surface area contributed by atoms with Crippen molar-refractivity contribution in [3.8, 4) is 16.9 Å². The lowest BCUT2D eigenvalue weighted by Gasteiger charge is -2.27. The maximum Gasteiger partial charge on any atom is 0.308 e. The molecule has 1 heterocycles. The molecule has 1 saturated heterocycles. The number of benzene rings is 2. The first-order valence-corrected chi connectivity index (χ1v) is 7.89. The average molecular weight is 325 g/mol. The third kappa shape index (κ3) is 3.81. The number of carbonyl (C=O) groups is 2. The summed E-state index contributed by atoms with van der Waals surface area (Å²) in [5.74, 6) is 0.185. The van der Waals surface area contributed by atoms with Gasteiger partial charge in [-0.2, -0.15) is 0 Å². The van der Waals surface area contributed by atoms with Crippen LogP contribution in [0.4, 0.5) is 0 Å². The van der Waals surface area contributed by atoms with Crippen molar-refractivity contribution in [3.05, 3.63) is 54.1 Å². The monoisotopic (exact) mass is 325 g/mol. The van der Waals surface area contributed by atoms with Gasteiger partial charge in [0.05, 0.1) is 13.2 Å². The second-order valence-corrected chi connectivity index (χ2v) is 5.60. The number of morpholine rings is 1. The molecule has 2 aromatic carbocycles. The van der Waals surface area contributed by atoms with Crippen LogP contribution in [0.5, 0.6) is 5.75 Å². The van der Waals surface area contributed by atoms with Crippen LogP contribution in [0.15, 0.2) is 48.5 Å². The lowest BCUT2D eigenvalue weighted by molar-refractivity contribution is -0.131. The lowest BCUT2D eigenvalue weighted by Crippen LogP contribution is -2.40. The highest BCUT2D eigenvalue weighted by Crippen LogP contribution is 2.24. The molecule has 1 aliphatic heterocycles. The molecule has 0 bridgehead atoms. The zero-order valence-corrected chi connectivity index (χ0v) is 13.5. The van der Waals surface area contributed by atoms with Gasteiger partial charge in [-0.1, -0.05) is 24.3 Å². The van der Waals surface area contributed by atoms with Gasteiger partial charge in [-0.15, -0.1) is 0 Å². The minimum absolute atomic E-state index is 0.0247. The summed E-state index contributed by atoms with van der Waals surface area (Å²) in [4.78, 5) is 25.3. The fraction of sp³-hybridized carbons (Fsp3) is 0.263. The first kappa shape index (κ1) is 16.2. The van der Waals surface area contributed by atoms with E-state index in [1.54, 1.807) is 12.1 Å². The van der Waals surface area contributed by atoms with E-state index >= 15 is 0 Å². The summed E-state index contributed by atoms with van der Waals surface area (Å²) in [6.45, 7) is 3.79. The van der Waals surface area contributed by atoms with Crippen LogP contribution in [0, 0.1) is 0 Å². The lowest BCUT2D eigenvalue weighted by atomic mass is 10.0. The summed E-state index contributed by atoms with van der Waals surface area (Å²) in [7, 11) is 0. The first-order chi connectivity index (χ1) is 11.6. The number of esters is 1. The predicted molar refractivity (Wildman–Crippen MR) is 89.9 cm³/mol. The minimum atomic E-state index is -0.346. The van der Waals surface area contributed by atoms with Gasteiger partial charge >= 0.3 is 5.97 Å². The second kappa shape index (κ2) is 7.27. The van der Waals surface area contributed by atoms with E-state index in [1.807, 2.05) is 41.3 Å². The van der Waals surface area contributed by atoms with Gasteiger partial charge in [-0.3, -0.25) is 9.59 Å². The van der Waals surface area contributed by atoms with Crippen molar-refractivity contribution in [2.45, 2.75) is 6.92 Å². The van der Waals surface area contributed by atoms with E-state index in [4.69, 9.17) is 9.47 Å². The Bertz CT molecular complexity index is 733. The zero-order chi connectivity index (χ0) is 16.9. The minimum Gasteiger partial charge on any atom is -0.427 e. The van der Waals surface area contributed by atoms with Gasteiger partial charge in [0.25, 0.3) is 5.91 Å². The van der Waals surface area contributed by atoms with Gasteiger partial charge in [-0.05, 0) is 35.4 Å². The molecular formula is C19H19NO4. The number of carbonyl (C=O) groups excluding carboxylic acids is 2. The first-order valence-electron chi connectivity index (χ1n) is 7.89. The van der Waals surface area contributed by atoms with Crippen LogP contribution in [0.2, 0.25) is 0 Å². The summed E-state index contributed by atoms with van der Waals surface area (Å²) in [6.07, 6.45) is 0. The molecule has 2 aromatic rings. The van der Waals surface area contributed by atoms with E-state index in [-0.39, 0.29) is 11.9 Å². The molecule has 0 saturated carbocycles. The van der Waals surface area contributed by atoms with Crippen LogP contribution in [-0.4, -0.2) is 43.1 Å². The van der Waals surface area contributed by atoms with Gasteiger partial charge < -0.3 is 14.4 Å². The van der Waals surface area contributed by atoms with Crippen molar-refractivity contribution >= 4 is 11.9 Å². The molecule has 0 radical (unpaired) electrons. The number of ether oxygens (including phenoxy) is 2. The van der Waals surface area contributed by atoms with Crippen molar-refractivity contribution in [3.63, 3.8) is 0 Å². The van der Waals surface area contributed by atoms with Crippen molar-refractivity contribution in [2.75, 3.05) is 26.3 Å². The second-order valence-electron chi connectivity index (χ2n) is 5.60. The molecule has 0 aromatic heterocycles. The standard InChI is InChI=1S/C19H19NO4/c1-14(21)24-18-7-5-15(6-8-18)16-3-2-4-17(13-16)19(22)20-9-11-23-12-10-20/h2-8,13H,9-12H2,1H3. The average Bonchev–Trinajstić information content (AvgIpc) is 2.62. The Balaban J connectivity index is 1.79. The Hall–Kier alpha value is -2.66. The molecule has 0 aliphatic carbocycles. The smallest absolute Gasteiger partial charge is 0.308 e. The Labute approximate surface area is 140 Å². The van der Waals surface area contributed by atoms with Crippen molar-refractivity contribution < 1.29 is 19.1 Å². The summed E-state index contributed by atoms with van der Waals surface area (Å²) in [6, 6.07) is 14.8. The quantitative estimate of drug-likeness (QED) is 0.643. The van der Waals surface area contributed by atoms with Gasteiger partial charge in [-0.25, -0.2) is 0 Å². The Morgan fingerprint density at radius 3 is 2.38 bits per heavy atom. The van der Waals surface area contributed by atoms with E-state index in [0.29, 0.717) is 37.6 Å². The number of hydrogen-bond acceptors (Lipinski definition) is 4. The molecule has 5 nitrogen and oxygen atoms in total. The number of amides is 1. The van der Waals surface area contributed by atoms with E-state index in [1.165, 1.54) is 6.92 Å². The maximum absolute atomic E-state index is 12.6. The van der Waals surface area contributed by atoms with Crippen LogP contribution in [0.3, 0.4) is 0 Å². The highest BCUT2D eigenvalue weighted by molar-refractivity contribution is 5.95. The van der Waals surface area contributed by atoms with Crippen molar-refractivity contribution in [1.82, 2.24) is 4.90 Å². The number of rotatable bonds is 3. The summed E-state index contributed by atoms with van der Waals surface area (Å²) >= 11 is 0. The molecule has 0 spiro atoms. The van der Waals surface area contributed by atoms with Crippen LogP contribution < -0.4 is 4.74 Å². The summed E-state index contributed by atoms with van der Waals surface area (Å²) < 4.78 is 10.3. The van der Waals surface area contributed by atoms with Gasteiger partial charge in [0.15, 0.2) is 0 Å². The SMILES string of the molecule is CC(=O)Oc1ccc(-c2cccc(C(=O)N3CCOCC3)c2)cc1. The molecule has 1 fully saturated rings. The molecule has 3 rings (SSSR count). The molecule has 1 amide bonds. The maximum atomic E-state index is 12.6. The van der Waals surface area contributed by atoms with E-state index < -0.39 is 0 Å². The van der Waals surface area contributed by atoms with Crippen LogP contribution in [0.1, 0.15) is 17.3 Å². The molecule has 0 atom stereocenters. The molecular weight excluding hydrogens is 306 g/mol. The third-order valence-electron chi connectivity index (χ3n) is 3.86. The Morgan fingerprint density at radius 1 is 1.00 bits per heavy atom. The van der Waals surface area contributed by atoms with Crippen molar-refractivity contribution in [2.24, 2.45) is 0 Å². The fourth-order valence-electron chi connectivity index (χ4n) is 2.66. The Morgan fingerprint density at radius 2 is 1.71 bits per heavy atom. The molecule has 124 valence electrons. The third-order valence-corrected chi connectivity index (χ3v) is 3.86. The van der Waals surface area contributed by atoms with Crippen LogP contribution in [-0.2, 0) is 9.53 Å². The van der Waals surface area contributed by atoms with Gasteiger partial charge in [0, 0.05) is 25.6 Å². The highest BCUT2D eigenvalue weighted by Gasteiger charge is 2.18. The zero-order valence-electron chi connectivity index (χ0n) is 13.5. The number of nitrogens with zero attached hydrogens (tertiary/aromatic N) is 1. The molecule has 0 unspecified atom stereocenters. The van der Waals surface area contributed by atoms with Gasteiger partial charge in [0.1, 0.15) is 5.75 Å². The largest absolute Gasteiger partial charge is 0.427 e. The molecule has 0 N–H and O–H groups in total. The summed E-state index contributed by atoms with van der Waals surface area (Å²) in [5, 5.41) is 0. The molecule has 5 heteroatoms. The Kier molecular flexibility index (Phi) is 4.91. The van der Waals surface area contributed by atoms with E-state index in [2.05, 4.69) is 0 Å². The summed E-state index contributed by atoms with van der Waals surface area (Å²) in [5.41, 5.74) is 2.57. The van der Waals surface area contributed by atoms with E-state index in [0.717, 1.165) is 11.1 Å².